The van der Waals surface area contributed by atoms with Crippen molar-refractivity contribution < 1.29 is 9.53 Å². The number of nitrogens with zero attached hydrogens (tertiary/aromatic N) is 1. The van der Waals surface area contributed by atoms with Gasteiger partial charge in [0, 0.05) is 25.3 Å². The molecule has 1 aromatic carbocycles. The number of nitrogen functional groups attached to an aromatic ring is 1. The first-order chi connectivity index (χ1) is 9.11. The minimum Gasteiger partial charge on any atom is -0.377 e. The number of carbonyl (C=O) groups excluding carboxylic acids is 1. The normalized spacial score (nSPS) is 19.9. The maximum absolute atomic E-state index is 12.5. The summed E-state index contributed by atoms with van der Waals surface area (Å²) in [6.07, 6.45) is 0.981. The minimum absolute atomic E-state index is 0.0593. The highest BCUT2D eigenvalue weighted by Gasteiger charge is 2.21. The molecule has 0 aliphatic carbocycles. The second-order valence-electron chi connectivity index (χ2n) is 4.96. The molecular weight excluding hydrogens is 242 g/mol. The molecule has 0 radical (unpaired) electrons. The predicted octanol–water partition coefficient (Wildman–Crippen LogP) is 1.53. The molecule has 19 heavy (non-hydrogen) atoms. The van der Waals surface area contributed by atoms with Crippen LogP contribution in [0.5, 0.6) is 0 Å². The van der Waals surface area contributed by atoms with Crippen LogP contribution in [-0.4, -0.2) is 36.6 Å². The van der Waals surface area contributed by atoms with E-state index in [2.05, 4.69) is 5.43 Å². The molecule has 104 valence electrons. The number of amides is 1. The van der Waals surface area contributed by atoms with Crippen LogP contribution >= 0.6 is 0 Å². The molecule has 1 heterocycles. The van der Waals surface area contributed by atoms with Crippen molar-refractivity contribution in [3.63, 3.8) is 0 Å². The summed E-state index contributed by atoms with van der Waals surface area (Å²) in [6.45, 7) is 6.05. The lowest BCUT2D eigenvalue weighted by Gasteiger charge is -2.22. The fourth-order valence-electron chi connectivity index (χ4n) is 2.32. The molecule has 1 unspecified atom stereocenters. The first-order valence-corrected chi connectivity index (χ1v) is 6.60. The molecule has 2 rings (SSSR count). The van der Waals surface area contributed by atoms with Gasteiger partial charge in [-0.05, 0) is 44.0 Å². The van der Waals surface area contributed by atoms with Crippen LogP contribution in [0.15, 0.2) is 18.2 Å². The number of hydrogen-bond acceptors (Lipinski definition) is 4. The standard InChI is InChI=1S/C14H21N3O2/c1-10-8-12(4-5-13(10)16-15)14(18)17-6-3-7-19-11(2)9-17/h4-5,8,11,16H,3,6-7,9,15H2,1-2H3. The number of nitrogens with two attached hydrogens (primary N) is 1. The van der Waals surface area contributed by atoms with E-state index in [0.29, 0.717) is 12.1 Å². The fraction of sp³-hybridized carbons (Fsp3) is 0.500. The summed E-state index contributed by atoms with van der Waals surface area (Å²) in [4.78, 5) is 14.3. The van der Waals surface area contributed by atoms with Crippen LogP contribution in [0.25, 0.3) is 0 Å². The summed E-state index contributed by atoms with van der Waals surface area (Å²) in [5, 5.41) is 0. The number of aryl methyl sites for hydroxylation is 1. The number of nitrogens with one attached hydrogen (secondary N) is 1. The Morgan fingerprint density at radius 1 is 1.53 bits per heavy atom. The van der Waals surface area contributed by atoms with Gasteiger partial charge in [-0.15, -0.1) is 0 Å². The van der Waals surface area contributed by atoms with Gasteiger partial charge in [-0.25, -0.2) is 0 Å². The summed E-state index contributed by atoms with van der Waals surface area (Å²) in [5.41, 5.74) is 5.12. The van der Waals surface area contributed by atoms with Crippen molar-refractivity contribution >= 4 is 11.6 Å². The molecule has 0 spiro atoms. The van der Waals surface area contributed by atoms with Crippen LogP contribution in [0.3, 0.4) is 0 Å². The Bertz CT molecular complexity index is 462. The molecule has 1 aromatic rings. The Balaban J connectivity index is 2.16. The van der Waals surface area contributed by atoms with Gasteiger partial charge < -0.3 is 15.1 Å². The van der Waals surface area contributed by atoms with Gasteiger partial charge in [0.25, 0.3) is 5.91 Å². The Hall–Kier alpha value is -1.59. The van der Waals surface area contributed by atoms with Crippen LogP contribution in [0.2, 0.25) is 0 Å². The minimum atomic E-state index is 0.0593. The molecule has 1 saturated heterocycles. The van der Waals surface area contributed by atoms with Gasteiger partial charge >= 0.3 is 0 Å². The van der Waals surface area contributed by atoms with Crippen molar-refractivity contribution in [2.75, 3.05) is 25.1 Å². The van der Waals surface area contributed by atoms with Gasteiger partial charge in [-0.2, -0.15) is 0 Å². The molecule has 1 amide bonds. The first kappa shape index (κ1) is 13.8. The molecule has 5 heteroatoms. The largest absolute Gasteiger partial charge is 0.377 e. The van der Waals surface area contributed by atoms with Gasteiger partial charge in [0.1, 0.15) is 0 Å². The van der Waals surface area contributed by atoms with Crippen LogP contribution in [-0.2, 0) is 4.74 Å². The number of rotatable bonds is 2. The topological polar surface area (TPSA) is 67.6 Å². The van der Waals surface area contributed by atoms with Crippen LogP contribution in [0.4, 0.5) is 5.69 Å². The maximum atomic E-state index is 12.5. The molecule has 1 aliphatic heterocycles. The molecule has 0 aromatic heterocycles. The fourth-order valence-corrected chi connectivity index (χ4v) is 2.32. The third kappa shape index (κ3) is 3.24. The van der Waals surface area contributed by atoms with E-state index in [1.807, 2.05) is 30.9 Å². The molecule has 5 nitrogen and oxygen atoms in total. The summed E-state index contributed by atoms with van der Waals surface area (Å²) >= 11 is 0. The first-order valence-electron chi connectivity index (χ1n) is 6.60. The molecule has 1 aliphatic rings. The number of ether oxygens (including phenoxy) is 1. The third-order valence-electron chi connectivity index (χ3n) is 3.37. The predicted molar refractivity (Wildman–Crippen MR) is 74.9 cm³/mol. The highest BCUT2D eigenvalue weighted by atomic mass is 16.5. The zero-order valence-electron chi connectivity index (χ0n) is 11.5. The van der Waals surface area contributed by atoms with E-state index < -0.39 is 0 Å². The lowest BCUT2D eigenvalue weighted by atomic mass is 10.1. The summed E-state index contributed by atoms with van der Waals surface area (Å²) < 4.78 is 5.56. The van der Waals surface area contributed by atoms with E-state index in [4.69, 9.17) is 10.6 Å². The van der Waals surface area contributed by atoms with Crippen molar-refractivity contribution in [2.45, 2.75) is 26.4 Å². The monoisotopic (exact) mass is 263 g/mol. The van der Waals surface area contributed by atoms with E-state index in [0.717, 1.165) is 30.8 Å². The van der Waals surface area contributed by atoms with E-state index in [9.17, 15) is 4.79 Å². The van der Waals surface area contributed by atoms with Crippen molar-refractivity contribution in [1.29, 1.82) is 0 Å². The highest BCUT2D eigenvalue weighted by molar-refractivity contribution is 5.95. The zero-order chi connectivity index (χ0) is 13.8. The Morgan fingerprint density at radius 3 is 3.00 bits per heavy atom. The third-order valence-corrected chi connectivity index (χ3v) is 3.37. The molecule has 1 atom stereocenters. The Kier molecular flexibility index (Phi) is 4.39. The van der Waals surface area contributed by atoms with Crippen molar-refractivity contribution in [3.05, 3.63) is 29.3 Å². The van der Waals surface area contributed by atoms with Gasteiger partial charge in [0.05, 0.1) is 11.8 Å². The second kappa shape index (κ2) is 6.04. The van der Waals surface area contributed by atoms with Gasteiger partial charge in [0.2, 0.25) is 0 Å². The Labute approximate surface area is 113 Å². The molecule has 0 bridgehead atoms. The maximum Gasteiger partial charge on any atom is 0.253 e. The second-order valence-corrected chi connectivity index (χ2v) is 4.96. The van der Waals surface area contributed by atoms with Crippen LogP contribution < -0.4 is 11.3 Å². The number of hydrazine groups is 1. The van der Waals surface area contributed by atoms with Crippen LogP contribution in [0, 0.1) is 6.92 Å². The molecular formula is C14H21N3O2. The smallest absolute Gasteiger partial charge is 0.253 e. The van der Waals surface area contributed by atoms with E-state index in [1.54, 1.807) is 6.07 Å². The molecule has 3 N–H and O–H groups in total. The summed E-state index contributed by atoms with van der Waals surface area (Å²) in [7, 11) is 0. The number of carbonyl (C=O) groups is 1. The molecule has 0 saturated carbocycles. The van der Waals surface area contributed by atoms with Gasteiger partial charge in [0.15, 0.2) is 0 Å². The summed E-state index contributed by atoms with van der Waals surface area (Å²) in [5.74, 6) is 5.46. The number of benzene rings is 1. The van der Waals surface area contributed by atoms with E-state index in [1.165, 1.54) is 0 Å². The SMILES string of the molecule is Cc1cc(C(=O)N2CCCOC(C)C2)ccc1NN. The van der Waals surface area contributed by atoms with Crippen molar-refractivity contribution in [1.82, 2.24) is 4.90 Å². The zero-order valence-corrected chi connectivity index (χ0v) is 11.5. The number of hydrogen-bond donors (Lipinski definition) is 2. The quantitative estimate of drug-likeness (QED) is 0.627. The molecule has 1 fully saturated rings. The average Bonchev–Trinajstić information content (AvgIpc) is 2.62. The average molecular weight is 263 g/mol. The lowest BCUT2D eigenvalue weighted by molar-refractivity contribution is 0.0562. The lowest BCUT2D eigenvalue weighted by Crippen LogP contribution is -2.36. The highest BCUT2D eigenvalue weighted by Crippen LogP contribution is 2.17. The van der Waals surface area contributed by atoms with E-state index in [-0.39, 0.29) is 12.0 Å². The van der Waals surface area contributed by atoms with Crippen molar-refractivity contribution in [3.8, 4) is 0 Å². The van der Waals surface area contributed by atoms with Crippen LogP contribution in [0.1, 0.15) is 29.3 Å². The van der Waals surface area contributed by atoms with Crippen molar-refractivity contribution in [2.24, 2.45) is 5.84 Å². The van der Waals surface area contributed by atoms with Gasteiger partial charge in [-0.1, -0.05) is 0 Å². The van der Waals surface area contributed by atoms with Gasteiger partial charge in [-0.3, -0.25) is 10.6 Å². The van der Waals surface area contributed by atoms with E-state index >= 15 is 0 Å². The Morgan fingerprint density at radius 2 is 2.32 bits per heavy atom. The summed E-state index contributed by atoms with van der Waals surface area (Å²) in [6, 6.07) is 5.51. The number of anilines is 1.